The van der Waals surface area contributed by atoms with Crippen molar-refractivity contribution >= 4 is 10.9 Å². The molecule has 0 aliphatic rings. The predicted octanol–water partition coefficient (Wildman–Crippen LogP) is 2.99. The third-order valence-electron chi connectivity index (χ3n) is 2.76. The standard InChI is InChI=1S/C14H16N2/c1-4-13(15-3)12-9-10(2)16-14-8-6-5-7-11(12)14/h4-9,13,15H,1H2,2-3H3. The Morgan fingerprint density at radius 2 is 2.12 bits per heavy atom. The molecule has 0 saturated carbocycles. The molecule has 0 aliphatic heterocycles. The lowest BCUT2D eigenvalue weighted by atomic mass is 10.0. The van der Waals surface area contributed by atoms with Gasteiger partial charge in [0.1, 0.15) is 0 Å². The molecule has 2 rings (SSSR count). The zero-order valence-corrected chi connectivity index (χ0v) is 9.70. The van der Waals surface area contributed by atoms with Crippen molar-refractivity contribution in [1.29, 1.82) is 0 Å². The Bertz CT molecular complexity index is 517. The molecule has 1 aromatic heterocycles. The van der Waals surface area contributed by atoms with Crippen LogP contribution >= 0.6 is 0 Å². The molecule has 16 heavy (non-hydrogen) atoms. The molecular weight excluding hydrogens is 196 g/mol. The average Bonchev–Trinajstić information content (AvgIpc) is 2.30. The highest BCUT2D eigenvalue weighted by molar-refractivity contribution is 5.83. The lowest BCUT2D eigenvalue weighted by molar-refractivity contribution is 0.720. The van der Waals surface area contributed by atoms with E-state index in [0.717, 1.165) is 11.2 Å². The second kappa shape index (κ2) is 4.45. The number of aromatic nitrogens is 1. The van der Waals surface area contributed by atoms with Gasteiger partial charge in [0.05, 0.1) is 11.6 Å². The fourth-order valence-electron chi connectivity index (χ4n) is 2.00. The van der Waals surface area contributed by atoms with Crippen molar-refractivity contribution in [2.24, 2.45) is 0 Å². The van der Waals surface area contributed by atoms with Gasteiger partial charge in [-0.2, -0.15) is 0 Å². The Kier molecular flexibility index (Phi) is 3.02. The molecule has 82 valence electrons. The van der Waals surface area contributed by atoms with E-state index in [9.17, 15) is 0 Å². The zero-order valence-electron chi connectivity index (χ0n) is 9.70. The summed E-state index contributed by atoms with van der Waals surface area (Å²) >= 11 is 0. The molecule has 1 unspecified atom stereocenters. The lowest BCUT2D eigenvalue weighted by Crippen LogP contribution is -2.14. The summed E-state index contributed by atoms with van der Waals surface area (Å²) in [7, 11) is 1.94. The molecule has 1 aromatic carbocycles. The quantitative estimate of drug-likeness (QED) is 0.791. The number of hydrogen-bond acceptors (Lipinski definition) is 2. The number of pyridine rings is 1. The maximum absolute atomic E-state index is 4.53. The molecule has 0 fully saturated rings. The van der Waals surface area contributed by atoms with Crippen LogP contribution in [0.15, 0.2) is 43.0 Å². The van der Waals surface area contributed by atoms with E-state index in [2.05, 4.69) is 29.0 Å². The highest BCUT2D eigenvalue weighted by Crippen LogP contribution is 2.24. The van der Waals surface area contributed by atoms with Crippen molar-refractivity contribution in [3.63, 3.8) is 0 Å². The molecule has 1 N–H and O–H groups in total. The van der Waals surface area contributed by atoms with Gasteiger partial charge < -0.3 is 5.32 Å². The first-order valence-corrected chi connectivity index (χ1v) is 5.42. The van der Waals surface area contributed by atoms with Crippen molar-refractivity contribution in [3.05, 3.63) is 54.2 Å². The minimum Gasteiger partial charge on any atom is -0.310 e. The molecule has 0 aliphatic carbocycles. The Morgan fingerprint density at radius 3 is 2.81 bits per heavy atom. The minimum atomic E-state index is 0.173. The van der Waals surface area contributed by atoms with E-state index in [1.54, 1.807) is 0 Å². The summed E-state index contributed by atoms with van der Waals surface area (Å²) in [6.45, 7) is 5.88. The Balaban J connectivity index is 2.71. The second-order valence-electron chi connectivity index (χ2n) is 3.87. The molecule has 0 saturated heterocycles. The van der Waals surface area contributed by atoms with Gasteiger partial charge in [-0.05, 0) is 31.7 Å². The predicted molar refractivity (Wildman–Crippen MR) is 68.5 cm³/mol. The van der Waals surface area contributed by atoms with Gasteiger partial charge in [-0.25, -0.2) is 0 Å². The molecule has 0 radical (unpaired) electrons. The van der Waals surface area contributed by atoms with Gasteiger partial charge in [-0.3, -0.25) is 4.98 Å². The minimum absolute atomic E-state index is 0.173. The van der Waals surface area contributed by atoms with E-state index in [4.69, 9.17) is 0 Å². The van der Waals surface area contributed by atoms with Gasteiger partial charge >= 0.3 is 0 Å². The summed E-state index contributed by atoms with van der Waals surface area (Å²) in [6, 6.07) is 10.5. The number of hydrogen-bond donors (Lipinski definition) is 1. The molecule has 2 nitrogen and oxygen atoms in total. The maximum Gasteiger partial charge on any atom is 0.0708 e. The third-order valence-corrected chi connectivity index (χ3v) is 2.76. The van der Waals surface area contributed by atoms with Gasteiger partial charge in [0.25, 0.3) is 0 Å². The Hall–Kier alpha value is -1.67. The topological polar surface area (TPSA) is 24.9 Å². The molecule has 1 heterocycles. The van der Waals surface area contributed by atoms with E-state index in [1.165, 1.54) is 10.9 Å². The first-order chi connectivity index (χ1) is 7.76. The number of rotatable bonds is 3. The van der Waals surface area contributed by atoms with Crippen molar-refractivity contribution in [2.45, 2.75) is 13.0 Å². The van der Waals surface area contributed by atoms with Crippen LogP contribution in [0.5, 0.6) is 0 Å². The van der Waals surface area contributed by atoms with Crippen LogP contribution in [0.25, 0.3) is 10.9 Å². The summed E-state index contributed by atoms with van der Waals surface area (Å²) < 4.78 is 0. The summed E-state index contributed by atoms with van der Waals surface area (Å²) in [6.07, 6.45) is 1.92. The summed E-state index contributed by atoms with van der Waals surface area (Å²) in [4.78, 5) is 4.53. The molecule has 0 amide bonds. The van der Waals surface area contributed by atoms with Gasteiger partial charge in [0, 0.05) is 11.1 Å². The van der Waals surface area contributed by atoms with Crippen molar-refractivity contribution in [3.8, 4) is 0 Å². The number of aryl methyl sites for hydroxylation is 1. The molecule has 0 spiro atoms. The summed E-state index contributed by atoms with van der Waals surface area (Å²) in [5.74, 6) is 0. The summed E-state index contributed by atoms with van der Waals surface area (Å²) in [5.41, 5.74) is 3.32. The summed E-state index contributed by atoms with van der Waals surface area (Å²) in [5, 5.41) is 4.43. The largest absolute Gasteiger partial charge is 0.310 e. The van der Waals surface area contributed by atoms with Gasteiger partial charge in [-0.1, -0.05) is 24.3 Å². The van der Waals surface area contributed by atoms with E-state index < -0.39 is 0 Å². The monoisotopic (exact) mass is 212 g/mol. The molecule has 2 heteroatoms. The number of nitrogens with one attached hydrogen (secondary N) is 1. The highest BCUT2D eigenvalue weighted by Gasteiger charge is 2.10. The van der Waals surface area contributed by atoms with Crippen LogP contribution in [0.2, 0.25) is 0 Å². The first-order valence-electron chi connectivity index (χ1n) is 5.42. The fourth-order valence-corrected chi connectivity index (χ4v) is 2.00. The van der Waals surface area contributed by atoms with Gasteiger partial charge in [-0.15, -0.1) is 6.58 Å². The third kappa shape index (κ3) is 1.84. The molecule has 2 aromatic rings. The van der Waals surface area contributed by atoms with Crippen LogP contribution in [0.3, 0.4) is 0 Å². The smallest absolute Gasteiger partial charge is 0.0708 e. The van der Waals surface area contributed by atoms with E-state index in [1.807, 2.05) is 38.2 Å². The van der Waals surface area contributed by atoms with E-state index in [-0.39, 0.29) is 6.04 Å². The Labute approximate surface area is 96.0 Å². The normalized spacial score (nSPS) is 12.6. The van der Waals surface area contributed by atoms with E-state index in [0.29, 0.717) is 0 Å². The molecule has 1 atom stereocenters. The van der Waals surface area contributed by atoms with Crippen LogP contribution < -0.4 is 5.32 Å². The zero-order chi connectivity index (χ0) is 11.5. The number of fused-ring (bicyclic) bond motifs is 1. The Morgan fingerprint density at radius 1 is 1.38 bits per heavy atom. The average molecular weight is 212 g/mol. The second-order valence-corrected chi connectivity index (χ2v) is 3.87. The lowest BCUT2D eigenvalue weighted by Gasteiger charge is -2.15. The van der Waals surface area contributed by atoms with Gasteiger partial charge in [0.15, 0.2) is 0 Å². The molecule has 0 bridgehead atoms. The SMILES string of the molecule is C=CC(NC)c1cc(C)nc2ccccc12. The van der Waals surface area contributed by atoms with Crippen LogP contribution in [0, 0.1) is 6.92 Å². The number of nitrogens with zero attached hydrogens (tertiary/aromatic N) is 1. The van der Waals surface area contributed by atoms with Crippen molar-refractivity contribution < 1.29 is 0 Å². The van der Waals surface area contributed by atoms with Gasteiger partial charge in [0.2, 0.25) is 0 Å². The number of benzene rings is 1. The maximum atomic E-state index is 4.53. The van der Waals surface area contributed by atoms with Crippen LogP contribution in [0.1, 0.15) is 17.3 Å². The number of likely N-dealkylation sites (N-methyl/N-ethyl adjacent to an activating group) is 1. The van der Waals surface area contributed by atoms with E-state index >= 15 is 0 Å². The van der Waals surface area contributed by atoms with Crippen molar-refractivity contribution in [2.75, 3.05) is 7.05 Å². The first kappa shape index (κ1) is 10.8. The highest BCUT2D eigenvalue weighted by atomic mass is 14.9. The number of para-hydroxylation sites is 1. The fraction of sp³-hybridized carbons (Fsp3) is 0.214. The van der Waals surface area contributed by atoms with Crippen LogP contribution in [-0.2, 0) is 0 Å². The van der Waals surface area contributed by atoms with Crippen LogP contribution in [-0.4, -0.2) is 12.0 Å². The molecular formula is C14H16N2. The van der Waals surface area contributed by atoms with Crippen LogP contribution in [0.4, 0.5) is 0 Å². The van der Waals surface area contributed by atoms with Crippen molar-refractivity contribution in [1.82, 2.24) is 10.3 Å².